The Hall–Kier alpha value is -0.130. The number of ether oxygens (including phenoxy) is 1. The average molecular weight is 396 g/mol. The van der Waals surface area contributed by atoms with Gasteiger partial charge in [-0.15, -0.1) is 0 Å². The Labute approximate surface area is 112 Å². The number of halogens is 3. The molecule has 1 aromatic carbocycles. The van der Waals surface area contributed by atoms with E-state index in [0.717, 1.165) is 30.1 Å². The minimum Gasteiger partial charge on any atom is -0.495 e. The van der Waals surface area contributed by atoms with E-state index in [1.165, 1.54) is 0 Å². The third kappa shape index (κ3) is 1.92. The fraction of sp³-hybridized carbons (Fsp3) is 0.100. The van der Waals surface area contributed by atoms with Gasteiger partial charge in [0, 0.05) is 15.1 Å². The van der Waals surface area contributed by atoms with Gasteiger partial charge >= 0.3 is 0 Å². The van der Waals surface area contributed by atoms with Crippen molar-refractivity contribution in [3.8, 4) is 5.75 Å². The molecule has 2 nitrogen and oxygen atoms in total. The van der Waals surface area contributed by atoms with Crippen LogP contribution in [0, 0.1) is 0 Å². The molecule has 0 saturated carbocycles. The molecule has 0 fully saturated rings. The van der Waals surface area contributed by atoms with Crippen LogP contribution < -0.4 is 4.74 Å². The summed E-state index contributed by atoms with van der Waals surface area (Å²) in [6, 6.07) is 3.82. The summed E-state index contributed by atoms with van der Waals surface area (Å²) in [6.45, 7) is 0. The summed E-state index contributed by atoms with van der Waals surface area (Å²) < 4.78 is 8.16. The lowest BCUT2D eigenvalue weighted by molar-refractivity contribution is 0.417. The van der Waals surface area contributed by atoms with Crippen LogP contribution in [-0.4, -0.2) is 12.1 Å². The van der Waals surface area contributed by atoms with Crippen molar-refractivity contribution >= 4 is 58.7 Å². The molecule has 78 valence electrons. The third-order valence-electron chi connectivity index (χ3n) is 2.03. The first-order chi connectivity index (χ1) is 7.15. The van der Waals surface area contributed by atoms with Crippen molar-refractivity contribution in [2.75, 3.05) is 7.11 Å². The molecular formula is C10H6Br3NO. The molecule has 15 heavy (non-hydrogen) atoms. The zero-order chi connectivity index (χ0) is 11.0. The highest BCUT2D eigenvalue weighted by atomic mass is 79.9. The molecule has 0 aliphatic heterocycles. The summed E-state index contributed by atoms with van der Waals surface area (Å²) in [5, 5.41) is 0.959. The second-order valence-electron chi connectivity index (χ2n) is 2.89. The van der Waals surface area contributed by atoms with Crippen LogP contribution in [0.5, 0.6) is 5.75 Å². The Bertz CT molecular complexity index is 528. The number of pyridine rings is 1. The van der Waals surface area contributed by atoms with Crippen LogP contribution in [0.15, 0.2) is 31.7 Å². The van der Waals surface area contributed by atoms with E-state index in [0.29, 0.717) is 0 Å². The third-order valence-corrected chi connectivity index (χ3v) is 3.88. The van der Waals surface area contributed by atoms with Gasteiger partial charge in [-0.1, -0.05) is 0 Å². The van der Waals surface area contributed by atoms with Crippen molar-refractivity contribution in [3.05, 3.63) is 31.7 Å². The maximum atomic E-state index is 5.36. The minimum absolute atomic E-state index is 0.785. The molecule has 0 N–H and O–H groups in total. The van der Waals surface area contributed by atoms with Crippen molar-refractivity contribution in [1.82, 2.24) is 4.98 Å². The van der Waals surface area contributed by atoms with E-state index in [9.17, 15) is 0 Å². The van der Waals surface area contributed by atoms with E-state index in [1.54, 1.807) is 13.3 Å². The summed E-state index contributed by atoms with van der Waals surface area (Å²) in [5.41, 5.74) is 0.879. The molecule has 0 unspecified atom stereocenters. The Morgan fingerprint density at radius 3 is 2.53 bits per heavy atom. The van der Waals surface area contributed by atoms with E-state index >= 15 is 0 Å². The largest absolute Gasteiger partial charge is 0.495 e. The number of aromatic nitrogens is 1. The van der Waals surface area contributed by atoms with E-state index < -0.39 is 0 Å². The Morgan fingerprint density at radius 2 is 1.87 bits per heavy atom. The summed E-state index contributed by atoms with van der Waals surface area (Å²) in [4.78, 5) is 4.31. The fourth-order valence-corrected chi connectivity index (χ4v) is 3.31. The van der Waals surface area contributed by atoms with E-state index in [2.05, 4.69) is 52.8 Å². The highest BCUT2D eigenvalue weighted by Gasteiger charge is 2.13. The minimum atomic E-state index is 0.785. The van der Waals surface area contributed by atoms with Gasteiger partial charge in [0.25, 0.3) is 0 Å². The van der Waals surface area contributed by atoms with Crippen molar-refractivity contribution in [2.45, 2.75) is 0 Å². The predicted molar refractivity (Wildman–Crippen MR) is 71.4 cm³/mol. The molecule has 5 heteroatoms. The molecule has 2 rings (SSSR count). The molecule has 0 aliphatic carbocycles. The summed E-state index contributed by atoms with van der Waals surface area (Å²) in [7, 11) is 1.65. The number of hydrogen-bond donors (Lipinski definition) is 0. The molecule has 1 heterocycles. The molecule has 1 aromatic heterocycles. The van der Waals surface area contributed by atoms with E-state index in [-0.39, 0.29) is 0 Å². The zero-order valence-corrected chi connectivity index (χ0v) is 12.5. The van der Waals surface area contributed by atoms with Crippen LogP contribution >= 0.6 is 47.8 Å². The molecule has 0 spiro atoms. The van der Waals surface area contributed by atoms with Crippen LogP contribution in [0.4, 0.5) is 0 Å². The van der Waals surface area contributed by atoms with Crippen LogP contribution in [-0.2, 0) is 0 Å². The number of fused-ring (bicyclic) bond motifs is 1. The molecule has 2 aromatic rings. The van der Waals surface area contributed by atoms with Crippen molar-refractivity contribution in [1.29, 1.82) is 0 Å². The van der Waals surface area contributed by atoms with Crippen LogP contribution in [0.25, 0.3) is 10.9 Å². The number of methoxy groups -OCH3 is 1. The zero-order valence-electron chi connectivity index (χ0n) is 7.72. The van der Waals surface area contributed by atoms with Crippen LogP contribution in [0.3, 0.4) is 0 Å². The summed E-state index contributed by atoms with van der Waals surface area (Å²) in [5.74, 6) is 0.785. The Kier molecular flexibility index (Phi) is 3.33. The smallest absolute Gasteiger partial charge is 0.143 e. The molecule has 0 atom stereocenters. The number of rotatable bonds is 1. The molecular weight excluding hydrogens is 390 g/mol. The molecule has 0 radical (unpaired) electrons. The fourth-order valence-electron chi connectivity index (χ4n) is 1.40. The number of hydrogen-bond acceptors (Lipinski definition) is 2. The van der Waals surface area contributed by atoms with Gasteiger partial charge in [-0.25, -0.2) is 0 Å². The average Bonchev–Trinajstić information content (AvgIpc) is 2.20. The monoisotopic (exact) mass is 393 g/mol. The number of nitrogens with zero attached hydrogens (tertiary/aromatic N) is 1. The quantitative estimate of drug-likeness (QED) is 0.707. The lowest BCUT2D eigenvalue weighted by atomic mass is 10.2. The first kappa shape index (κ1) is 11.4. The normalized spacial score (nSPS) is 10.7. The summed E-state index contributed by atoms with van der Waals surface area (Å²) in [6.07, 6.45) is 1.75. The Balaban J connectivity index is 2.98. The summed E-state index contributed by atoms with van der Waals surface area (Å²) >= 11 is 10.4. The second kappa shape index (κ2) is 4.39. The van der Waals surface area contributed by atoms with Gasteiger partial charge < -0.3 is 4.74 Å². The predicted octanol–water partition coefficient (Wildman–Crippen LogP) is 4.53. The van der Waals surface area contributed by atoms with Gasteiger partial charge in [-0.2, -0.15) is 0 Å². The maximum absolute atomic E-state index is 5.36. The SMILES string of the molecule is COc1c(Br)cc(Br)c2nccc(Br)c12. The van der Waals surface area contributed by atoms with E-state index in [4.69, 9.17) is 4.74 Å². The standard InChI is InChI=1S/C10H6Br3NO/c1-15-10-7(13)4-6(12)9-8(10)5(11)2-3-14-9/h2-4H,1H3. The van der Waals surface area contributed by atoms with Gasteiger partial charge in [0.2, 0.25) is 0 Å². The maximum Gasteiger partial charge on any atom is 0.143 e. The molecule has 0 aliphatic rings. The molecule has 0 amide bonds. The van der Waals surface area contributed by atoms with Gasteiger partial charge in [0.15, 0.2) is 0 Å². The van der Waals surface area contributed by atoms with Gasteiger partial charge in [0.05, 0.1) is 22.5 Å². The highest BCUT2D eigenvalue weighted by Crippen LogP contribution is 2.40. The van der Waals surface area contributed by atoms with Gasteiger partial charge in [0.1, 0.15) is 5.75 Å². The molecule has 0 saturated heterocycles. The number of benzene rings is 1. The van der Waals surface area contributed by atoms with E-state index in [1.807, 2.05) is 12.1 Å². The van der Waals surface area contributed by atoms with Gasteiger partial charge in [-0.05, 0) is 59.9 Å². The first-order valence-corrected chi connectivity index (χ1v) is 6.49. The van der Waals surface area contributed by atoms with Crippen LogP contribution in [0.2, 0.25) is 0 Å². The van der Waals surface area contributed by atoms with Gasteiger partial charge in [-0.3, -0.25) is 4.98 Å². The topological polar surface area (TPSA) is 22.1 Å². The first-order valence-electron chi connectivity index (χ1n) is 4.11. The lowest BCUT2D eigenvalue weighted by Crippen LogP contribution is -1.90. The highest BCUT2D eigenvalue weighted by molar-refractivity contribution is 9.11. The Morgan fingerprint density at radius 1 is 1.13 bits per heavy atom. The lowest BCUT2D eigenvalue weighted by Gasteiger charge is -2.10. The van der Waals surface area contributed by atoms with Crippen LogP contribution in [0.1, 0.15) is 0 Å². The van der Waals surface area contributed by atoms with Crippen molar-refractivity contribution in [3.63, 3.8) is 0 Å². The second-order valence-corrected chi connectivity index (χ2v) is 5.45. The van der Waals surface area contributed by atoms with Crippen molar-refractivity contribution < 1.29 is 4.74 Å². The molecule has 0 bridgehead atoms. The van der Waals surface area contributed by atoms with Crippen molar-refractivity contribution in [2.24, 2.45) is 0 Å².